The number of carbonyl (C=O) groups excluding carboxylic acids is 1. The van der Waals surface area contributed by atoms with E-state index in [1.165, 1.54) is 0 Å². The predicted octanol–water partition coefficient (Wildman–Crippen LogP) is 3.79. The van der Waals surface area contributed by atoms with Crippen LogP contribution in [-0.2, 0) is 0 Å². The zero-order valence-electron chi connectivity index (χ0n) is 11.6. The van der Waals surface area contributed by atoms with Crippen LogP contribution >= 0.6 is 35.6 Å². The molecule has 1 unspecified atom stereocenters. The molecule has 2 heterocycles. The number of amides is 1. The molecule has 0 radical (unpaired) electrons. The van der Waals surface area contributed by atoms with Crippen LogP contribution < -0.4 is 5.32 Å². The minimum absolute atomic E-state index is 0. The van der Waals surface area contributed by atoms with Crippen LogP contribution in [0.25, 0.3) is 0 Å². The topological polar surface area (TPSA) is 45.5 Å². The van der Waals surface area contributed by atoms with Crippen molar-refractivity contribution in [3.05, 3.63) is 58.0 Å². The van der Waals surface area contributed by atoms with Crippen molar-refractivity contribution in [3.63, 3.8) is 0 Å². The lowest BCUT2D eigenvalue weighted by atomic mass is 10.0. The summed E-state index contributed by atoms with van der Waals surface area (Å²) in [5.41, 5.74) is 0.928. The summed E-state index contributed by atoms with van der Waals surface area (Å²) in [7, 11) is 0. The lowest BCUT2D eigenvalue weighted by Crippen LogP contribution is -2.48. The Bertz CT molecular complexity index is 660. The van der Waals surface area contributed by atoms with Gasteiger partial charge in [-0.05, 0) is 35.4 Å². The van der Waals surface area contributed by atoms with Gasteiger partial charge in [0.1, 0.15) is 0 Å². The summed E-state index contributed by atoms with van der Waals surface area (Å²) >= 11 is 12.0. The van der Waals surface area contributed by atoms with Gasteiger partial charge >= 0.3 is 0 Å². The first-order chi connectivity index (χ1) is 10.2. The molecule has 4 nitrogen and oxygen atoms in total. The maximum atomic E-state index is 12.6. The minimum atomic E-state index is -0.173. The molecule has 0 spiro atoms. The molecule has 3 rings (SSSR count). The zero-order chi connectivity index (χ0) is 14.8. The summed E-state index contributed by atoms with van der Waals surface area (Å²) in [5.74, 6) is 0.0762. The summed E-state index contributed by atoms with van der Waals surface area (Å²) in [4.78, 5) is 14.4. The second kappa shape index (κ2) is 7.38. The highest BCUT2D eigenvalue weighted by atomic mass is 35.5. The van der Waals surface area contributed by atoms with Crippen LogP contribution in [0, 0.1) is 0 Å². The molecule has 7 heteroatoms. The number of rotatable bonds is 2. The summed E-state index contributed by atoms with van der Waals surface area (Å²) in [6.45, 7) is 1.98. The highest BCUT2D eigenvalue weighted by molar-refractivity contribution is 6.31. The van der Waals surface area contributed by atoms with Crippen molar-refractivity contribution < 1.29 is 9.21 Å². The van der Waals surface area contributed by atoms with Gasteiger partial charge in [0.25, 0.3) is 5.91 Å². The maximum absolute atomic E-state index is 12.6. The standard InChI is InChI=1S/C15H14Cl2N2O2.ClH/c16-11-4-2-1-3-10(11)12-9-18-7-8-19(12)15(20)13-5-6-14(17)21-13;/h1-6,12,18H,7-9H2;1H. The van der Waals surface area contributed by atoms with E-state index in [2.05, 4.69) is 5.32 Å². The highest BCUT2D eigenvalue weighted by Crippen LogP contribution is 2.30. The third kappa shape index (κ3) is 3.41. The van der Waals surface area contributed by atoms with Crippen LogP contribution in [0.2, 0.25) is 10.2 Å². The Balaban J connectivity index is 0.00000176. The normalized spacial score (nSPS) is 17.9. The number of furan rings is 1. The van der Waals surface area contributed by atoms with Gasteiger partial charge in [0.05, 0.1) is 6.04 Å². The van der Waals surface area contributed by atoms with E-state index in [0.717, 1.165) is 12.1 Å². The van der Waals surface area contributed by atoms with E-state index in [1.807, 2.05) is 24.3 Å². The molecular weight excluding hydrogens is 347 g/mol. The molecule has 1 aromatic carbocycles. The van der Waals surface area contributed by atoms with Crippen molar-refractivity contribution in [1.82, 2.24) is 10.2 Å². The molecule has 1 aliphatic rings. The van der Waals surface area contributed by atoms with Crippen molar-refractivity contribution in [2.45, 2.75) is 6.04 Å². The fraction of sp³-hybridized carbons (Fsp3) is 0.267. The molecule has 0 bridgehead atoms. The molecule has 1 amide bonds. The Kier molecular flexibility index (Phi) is 5.75. The summed E-state index contributed by atoms with van der Waals surface area (Å²) in [6, 6.07) is 10.6. The summed E-state index contributed by atoms with van der Waals surface area (Å²) < 4.78 is 5.23. The molecule has 1 aliphatic heterocycles. The lowest BCUT2D eigenvalue weighted by Gasteiger charge is -2.36. The van der Waals surface area contributed by atoms with Crippen molar-refractivity contribution >= 4 is 41.5 Å². The minimum Gasteiger partial charge on any atom is -0.440 e. The molecule has 1 atom stereocenters. The molecule has 1 fully saturated rings. The molecular formula is C15H15Cl3N2O2. The summed E-state index contributed by atoms with van der Waals surface area (Å²) in [6.07, 6.45) is 0. The molecule has 118 valence electrons. The molecule has 2 aromatic rings. The van der Waals surface area contributed by atoms with Crippen LogP contribution in [0.4, 0.5) is 0 Å². The number of benzene rings is 1. The van der Waals surface area contributed by atoms with Gasteiger partial charge in [-0.1, -0.05) is 29.8 Å². The second-order valence-electron chi connectivity index (χ2n) is 4.84. The molecule has 0 saturated carbocycles. The van der Waals surface area contributed by atoms with Gasteiger partial charge in [-0.25, -0.2) is 0 Å². The first kappa shape index (κ1) is 17.2. The van der Waals surface area contributed by atoms with Gasteiger partial charge in [-0.2, -0.15) is 0 Å². The van der Waals surface area contributed by atoms with Gasteiger partial charge in [-0.15, -0.1) is 12.4 Å². The van der Waals surface area contributed by atoms with Crippen molar-refractivity contribution in [3.8, 4) is 0 Å². The number of nitrogens with one attached hydrogen (secondary N) is 1. The van der Waals surface area contributed by atoms with E-state index in [-0.39, 0.29) is 35.3 Å². The number of hydrogen-bond acceptors (Lipinski definition) is 3. The van der Waals surface area contributed by atoms with E-state index < -0.39 is 0 Å². The van der Waals surface area contributed by atoms with Crippen LogP contribution in [0.5, 0.6) is 0 Å². The van der Waals surface area contributed by atoms with Gasteiger partial charge in [-0.3, -0.25) is 4.79 Å². The SMILES string of the molecule is Cl.O=C(c1ccc(Cl)o1)N1CCNCC1c1ccccc1Cl. The predicted molar refractivity (Wildman–Crippen MR) is 89.1 cm³/mol. The van der Waals surface area contributed by atoms with Crippen LogP contribution in [0.15, 0.2) is 40.8 Å². The number of hydrogen-bond donors (Lipinski definition) is 1. The monoisotopic (exact) mass is 360 g/mol. The van der Waals surface area contributed by atoms with Crippen molar-refractivity contribution in [2.24, 2.45) is 0 Å². The average molecular weight is 362 g/mol. The van der Waals surface area contributed by atoms with Gasteiger partial charge < -0.3 is 14.6 Å². The number of nitrogens with zero attached hydrogens (tertiary/aromatic N) is 1. The fourth-order valence-corrected chi connectivity index (χ4v) is 2.95. The molecule has 22 heavy (non-hydrogen) atoms. The number of halogens is 3. The Hall–Kier alpha value is -1.20. The highest BCUT2D eigenvalue weighted by Gasteiger charge is 2.31. The quantitative estimate of drug-likeness (QED) is 0.885. The van der Waals surface area contributed by atoms with Crippen LogP contribution in [0.3, 0.4) is 0 Å². The average Bonchev–Trinajstić information content (AvgIpc) is 2.94. The molecule has 0 aliphatic carbocycles. The van der Waals surface area contributed by atoms with Crippen molar-refractivity contribution in [2.75, 3.05) is 19.6 Å². The van der Waals surface area contributed by atoms with Crippen molar-refractivity contribution in [1.29, 1.82) is 0 Å². The van der Waals surface area contributed by atoms with Gasteiger partial charge in [0.2, 0.25) is 0 Å². The Morgan fingerprint density at radius 3 is 2.68 bits per heavy atom. The smallest absolute Gasteiger partial charge is 0.290 e. The fourth-order valence-electron chi connectivity index (χ4n) is 2.54. The lowest BCUT2D eigenvalue weighted by molar-refractivity contribution is 0.0602. The van der Waals surface area contributed by atoms with Gasteiger partial charge in [0.15, 0.2) is 11.0 Å². The molecule has 1 N–H and O–H groups in total. The van der Waals surface area contributed by atoms with E-state index in [0.29, 0.717) is 18.1 Å². The van der Waals surface area contributed by atoms with E-state index in [4.69, 9.17) is 27.6 Å². The summed E-state index contributed by atoms with van der Waals surface area (Å²) in [5, 5.41) is 4.16. The van der Waals surface area contributed by atoms with E-state index in [1.54, 1.807) is 17.0 Å². The Morgan fingerprint density at radius 1 is 1.23 bits per heavy atom. The largest absolute Gasteiger partial charge is 0.440 e. The zero-order valence-corrected chi connectivity index (χ0v) is 13.9. The Labute approximate surface area is 144 Å². The number of piperazine rings is 1. The third-order valence-corrected chi connectivity index (χ3v) is 4.10. The van der Waals surface area contributed by atoms with E-state index in [9.17, 15) is 4.79 Å². The van der Waals surface area contributed by atoms with Crippen LogP contribution in [-0.4, -0.2) is 30.4 Å². The third-order valence-electron chi connectivity index (χ3n) is 3.55. The van der Waals surface area contributed by atoms with Gasteiger partial charge in [0, 0.05) is 24.7 Å². The molecule has 1 saturated heterocycles. The molecule has 1 aromatic heterocycles. The number of carbonyl (C=O) groups is 1. The first-order valence-corrected chi connectivity index (χ1v) is 7.44. The second-order valence-corrected chi connectivity index (χ2v) is 5.62. The first-order valence-electron chi connectivity index (χ1n) is 6.68. The van der Waals surface area contributed by atoms with Crippen LogP contribution in [0.1, 0.15) is 22.2 Å². The van der Waals surface area contributed by atoms with E-state index >= 15 is 0 Å². The maximum Gasteiger partial charge on any atom is 0.290 e. The Morgan fingerprint density at radius 2 is 2.00 bits per heavy atom.